The van der Waals surface area contributed by atoms with Crippen LogP contribution in [0.5, 0.6) is 0 Å². The third kappa shape index (κ3) is 2.97. The van der Waals surface area contributed by atoms with Crippen molar-refractivity contribution in [1.29, 1.82) is 0 Å². The van der Waals surface area contributed by atoms with E-state index in [-0.39, 0.29) is 6.04 Å². The van der Waals surface area contributed by atoms with Gasteiger partial charge in [-0.25, -0.2) is 0 Å². The van der Waals surface area contributed by atoms with Crippen molar-refractivity contribution in [3.8, 4) is 0 Å². The summed E-state index contributed by atoms with van der Waals surface area (Å²) in [7, 11) is 1.94. The van der Waals surface area contributed by atoms with E-state index < -0.39 is 0 Å². The van der Waals surface area contributed by atoms with Gasteiger partial charge in [-0.05, 0) is 46.5 Å². The van der Waals surface area contributed by atoms with Gasteiger partial charge >= 0.3 is 0 Å². The van der Waals surface area contributed by atoms with Crippen LogP contribution in [-0.4, -0.2) is 14.8 Å². The molecule has 1 unspecified atom stereocenters. The Hall–Kier alpha value is -1.20. The van der Waals surface area contributed by atoms with Gasteiger partial charge in [-0.3, -0.25) is 9.67 Å². The van der Waals surface area contributed by atoms with Crippen LogP contribution in [0.2, 0.25) is 0 Å². The van der Waals surface area contributed by atoms with Gasteiger partial charge in [0.15, 0.2) is 0 Å². The van der Waals surface area contributed by atoms with Crippen LogP contribution in [0.3, 0.4) is 0 Å². The molecule has 0 amide bonds. The lowest BCUT2D eigenvalue weighted by Crippen LogP contribution is -2.17. The molecule has 0 bridgehead atoms. The molecule has 0 aliphatic heterocycles. The summed E-state index contributed by atoms with van der Waals surface area (Å²) in [5, 5.41) is 4.42. The Balaban J connectivity index is 2.16. The normalized spacial score (nSPS) is 12.7. The lowest BCUT2D eigenvalue weighted by molar-refractivity contribution is 0.613. The highest BCUT2D eigenvalue weighted by molar-refractivity contribution is 9.10. The zero-order valence-corrected chi connectivity index (χ0v) is 12.2. The van der Waals surface area contributed by atoms with E-state index in [0.29, 0.717) is 0 Å². The second kappa shape index (κ2) is 5.63. The van der Waals surface area contributed by atoms with Crippen molar-refractivity contribution in [2.24, 2.45) is 12.8 Å². The van der Waals surface area contributed by atoms with Crippen LogP contribution in [0.4, 0.5) is 0 Å². The molecule has 0 spiro atoms. The standard InChI is InChI=1S/C13H17BrN4/c1-3-11-6-13(18(2)17-11)12(15)5-9-4-10(14)8-16-7-9/h4,6-8,12H,3,5,15H2,1-2H3. The average Bonchev–Trinajstić information content (AvgIpc) is 2.70. The monoisotopic (exact) mass is 308 g/mol. The number of hydrogen-bond donors (Lipinski definition) is 1. The summed E-state index contributed by atoms with van der Waals surface area (Å²) >= 11 is 3.42. The highest BCUT2D eigenvalue weighted by Crippen LogP contribution is 2.18. The molecule has 1 atom stereocenters. The number of aryl methyl sites for hydroxylation is 2. The van der Waals surface area contributed by atoms with Crippen LogP contribution in [-0.2, 0) is 19.9 Å². The molecule has 96 valence electrons. The van der Waals surface area contributed by atoms with Crippen molar-refractivity contribution in [3.63, 3.8) is 0 Å². The van der Waals surface area contributed by atoms with E-state index in [1.54, 1.807) is 6.20 Å². The maximum atomic E-state index is 6.24. The van der Waals surface area contributed by atoms with E-state index in [0.717, 1.165) is 34.3 Å². The number of halogens is 1. The first kappa shape index (κ1) is 13.2. The van der Waals surface area contributed by atoms with Gasteiger partial charge < -0.3 is 5.73 Å². The van der Waals surface area contributed by atoms with E-state index in [1.165, 1.54) is 0 Å². The smallest absolute Gasteiger partial charge is 0.0625 e. The Bertz CT molecular complexity index is 536. The predicted molar refractivity (Wildman–Crippen MR) is 75.2 cm³/mol. The van der Waals surface area contributed by atoms with Crippen molar-refractivity contribution in [2.75, 3.05) is 0 Å². The molecule has 0 aromatic carbocycles. The lowest BCUT2D eigenvalue weighted by Gasteiger charge is -2.11. The number of nitrogens with zero attached hydrogens (tertiary/aromatic N) is 3. The Kier molecular flexibility index (Phi) is 4.14. The fourth-order valence-electron chi connectivity index (χ4n) is 1.99. The summed E-state index contributed by atoms with van der Waals surface area (Å²) in [5.41, 5.74) is 9.50. The molecule has 0 fully saturated rings. The van der Waals surface area contributed by atoms with Crippen LogP contribution >= 0.6 is 15.9 Å². The number of hydrogen-bond acceptors (Lipinski definition) is 3. The molecule has 2 N–H and O–H groups in total. The van der Waals surface area contributed by atoms with Gasteiger partial charge in [-0.2, -0.15) is 5.10 Å². The third-order valence-corrected chi connectivity index (χ3v) is 3.36. The first-order valence-electron chi connectivity index (χ1n) is 5.98. The van der Waals surface area contributed by atoms with Gasteiger partial charge in [0.2, 0.25) is 0 Å². The highest BCUT2D eigenvalue weighted by Gasteiger charge is 2.13. The minimum Gasteiger partial charge on any atom is -0.322 e. The number of aromatic nitrogens is 3. The highest BCUT2D eigenvalue weighted by atomic mass is 79.9. The molecule has 18 heavy (non-hydrogen) atoms. The van der Waals surface area contributed by atoms with Gasteiger partial charge in [0.1, 0.15) is 0 Å². The van der Waals surface area contributed by atoms with Gasteiger partial charge in [0.05, 0.1) is 17.4 Å². The summed E-state index contributed by atoms with van der Waals surface area (Å²) in [6.45, 7) is 2.09. The van der Waals surface area contributed by atoms with E-state index in [9.17, 15) is 0 Å². The Morgan fingerprint density at radius 3 is 2.78 bits per heavy atom. The molecule has 5 heteroatoms. The van der Waals surface area contributed by atoms with Gasteiger partial charge in [0.25, 0.3) is 0 Å². The van der Waals surface area contributed by atoms with Crippen LogP contribution in [0.25, 0.3) is 0 Å². The molecule has 0 aliphatic rings. The molecule has 2 heterocycles. The van der Waals surface area contributed by atoms with Gasteiger partial charge in [-0.15, -0.1) is 0 Å². The number of nitrogens with two attached hydrogens (primary N) is 1. The van der Waals surface area contributed by atoms with Gasteiger partial charge in [0, 0.05) is 23.9 Å². The summed E-state index contributed by atoms with van der Waals surface area (Å²) in [6.07, 6.45) is 5.31. The summed E-state index contributed by atoms with van der Waals surface area (Å²) < 4.78 is 2.85. The SMILES string of the molecule is CCc1cc(C(N)Cc2cncc(Br)c2)n(C)n1. The van der Waals surface area contributed by atoms with Gasteiger partial charge in [-0.1, -0.05) is 6.92 Å². The van der Waals surface area contributed by atoms with E-state index in [2.05, 4.69) is 39.0 Å². The van der Waals surface area contributed by atoms with Crippen LogP contribution < -0.4 is 5.73 Å². The fourth-order valence-corrected chi connectivity index (χ4v) is 2.40. The van der Waals surface area contributed by atoms with Crippen molar-refractivity contribution < 1.29 is 0 Å². The maximum absolute atomic E-state index is 6.24. The molecule has 0 saturated carbocycles. The number of rotatable bonds is 4. The molecule has 0 saturated heterocycles. The van der Waals surface area contributed by atoms with E-state index >= 15 is 0 Å². The molecule has 0 aliphatic carbocycles. The maximum Gasteiger partial charge on any atom is 0.0625 e. The molecule has 2 rings (SSSR count). The topological polar surface area (TPSA) is 56.7 Å². The molecule has 2 aromatic rings. The lowest BCUT2D eigenvalue weighted by atomic mass is 10.1. The Morgan fingerprint density at radius 2 is 2.17 bits per heavy atom. The fraction of sp³-hybridized carbons (Fsp3) is 0.385. The quantitative estimate of drug-likeness (QED) is 0.943. The largest absolute Gasteiger partial charge is 0.322 e. The Morgan fingerprint density at radius 1 is 1.39 bits per heavy atom. The molecular formula is C13H17BrN4. The molecule has 4 nitrogen and oxygen atoms in total. The van der Waals surface area contributed by atoms with Crippen molar-refractivity contribution in [3.05, 3.63) is 46.0 Å². The zero-order chi connectivity index (χ0) is 13.1. The summed E-state index contributed by atoms with van der Waals surface area (Å²) in [5.74, 6) is 0. The second-order valence-electron chi connectivity index (χ2n) is 4.36. The van der Waals surface area contributed by atoms with E-state index in [4.69, 9.17) is 5.73 Å². The van der Waals surface area contributed by atoms with Crippen molar-refractivity contribution in [2.45, 2.75) is 25.8 Å². The van der Waals surface area contributed by atoms with Crippen molar-refractivity contribution in [1.82, 2.24) is 14.8 Å². The molecule has 2 aromatic heterocycles. The third-order valence-electron chi connectivity index (χ3n) is 2.93. The Labute approximate surface area is 115 Å². The zero-order valence-electron chi connectivity index (χ0n) is 10.6. The van der Waals surface area contributed by atoms with Crippen LogP contribution in [0.1, 0.15) is 29.9 Å². The summed E-state index contributed by atoms with van der Waals surface area (Å²) in [6, 6.07) is 4.07. The van der Waals surface area contributed by atoms with Crippen molar-refractivity contribution >= 4 is 15.9 Å². The minimum atomic E-state index is -0.0566. The van der Waals surface area contributed by atoms with E-state index in [1.807, 2.05) is 24.0 Å². The van der Waals surface area contributed by atoms with Crippen LogP contribution in [0, 0.1) is 0 Å². The predicted octanol–water partition coefficient (Wildman–Crippen LogP) is 2.38. The first-order valence-corrected chi connectivity index (χ1v) is 6.77. The van der Waals surface area contributed by atoms with Crippen LogP contribution in [0.15, 0.2) is 29.0 Å². The minimum absolute atomic E-state index is 0.0566. The first-order chi connectivity index (χ1) is 8.60. The molecule has 0 radical (unpaired) electrons. The number of pyridine rings is 1. The second-order valence-corrected chi connectivity index (χ2v) is 5.28. The molecular weight excluding hydrogens is 292 g/mol. The average molecular weight is 309 g/mol. The summed E-state index contributed by atoms with van der Waals surface area (Å²) in [4.78, 5) is 4.15.